The second-order valence-electron chi connectivity index (χ2n) is 1.15. The van der Waals surface area contributed by atoms with Crippen LogP contribution in [0, 0.1) is 0 Å². The van der Waals surface area contributed by atoms with Crippen molar-refractivity contribution >= 4 is 28.7 Å². The summed E-state index contributed by atoms with van der Waals surface area (Å²) in [6.07, 6.45) is 0. The summed E-state index contributed by atoms with van der Waals surface area (Å²) < 4.78 is 3.57. The third-order valence-corrected chi connectivity index (χ3v) is 1.33. The third kappa shape index (κ3) is 0.988. The molecule has 0 atom stereocenters. The molecule has 1 rings (SSSR count). The fraction of sp³-hybridized carbons (Fsp3) is 0. The van der Waals surface area contributed by atoms with Gasteiger partial charge in [-0.25, -0.2) is 0 Å². The SMILES string of the molecule is NC(=S)c1csnn1. The lowest BCUT2D eigenvalue weighted by Crippen LogP contribution is -2.09. The highest BCUT2D eigenvalue weighted by atomic mass is 32.1. The van der Waals surface area contributed by atoms with Gasteiger partial charge in [-0.2, -0.15) is 0 Å². The van der Waals surface area contributed by atoms with E-state index in [1.54, 1.807) is 5.38 Å². The van der Waals surface area contributed by atoms with Crippen molar-refractivity contribution in [1.82, 2.24) is 9.59 Å². The van der Waals surface area contributed by atoms with Crippen molar-refractivity contribution in [1.29, 1.82) is 0 Å². The van der Waals surface area contributed by atoms with E-state index in [0.717, 1.165) is 0 Å². The van der Waals surface area contributed by atoms with Crippen LogP contribution in [0.4, 0.5) is 0 Å². The largest absolute Gasteiger partial charge is 0.388 e. The summed E-state index contributed by atoms with van der Waals surface area (Å²) in [5.41, 5.74) is 5.80. The van der Waals surface area contributed by atoms with E-state index in [2.05, 4.69) is 21.8 Å². The van der Waals surface area contributed by atoms with Crippen LogP contribution >= 0.6 is 23.8 Å². The second kappa shape index (κ2) is 2.15. The van der Waals surface area contributed by atoms with E-state index in [1.165, 1.54) is 11.5 Å². The number of rotatable bonds is 1. The van der Waals surface area contributed by atoms with Gasteiger partial charge in [0.15, 0.2) is 0 Å². The van der Waals surface area contributed by atoms with Crippen molar-refractivity contribution in [2.24, 2.45) is 5.73 Å². The molecule has 42 valence electrons. The first kappa shape index (κ1) is 5.58. The maximum Gasteiger partial charge on any atom is 0.132 e. The predicted octanol–water partition coefficient (Wildman–Crippen LogP) is 0.172. The summed E-state index contributed by atoms with van der Waals surface area (Å²) in [4.78, 5) is 0.304. The first-order chi connectivity index (χ1) is 3.80. The van der Waals surface area contributed by atoms with Crippen LogP contribution in [-0.2, 0) is 0 Å². The molecule has 0 aliphatic heterocycles. The van der Waals surface area contributed by atoms with E-state index in [0.29, 0.717) is 10.7 Å². The van der Waals surface area contributed by atoms with Gasteiger partial charge >= 0.3 is 0 Å². The molecule has 3 nitrogen and oxygen atoms in total. The minimum Gasteiger partial charge on any atom is -0.388 e. The van der Waals surface area contributed by atoms with Gasteiger partial charge in [0.2, 0.25) is 0 Å². The Balaban J connectivity index is 2.93. The fourth-order valence-corrected chi connectivity index (χ4v) is 0.903. The number of aromatic nitrogens is 2. The minimum absolute atomic E-state index is 0.304. The van der Waals surface area contributed by atoms with Crippen LogP contribution < -0.4 is 5.73 Å². The Morgan fingerprint density at radius 3 is 2.88 bits per heavy atom. The summed E-state index contributed by atoms with van der Waals surface area (Å²) in [6.45, 7) is 0. The Hall–Kier alpha value is -0.550. The van der Waals surface area contributed by atoms with Crippen LogP contribution in [0.3, 0.4) is 0 Å². The molecule has 2 N–H and O–H groups in total. The molecule has 1 aromatic heterocycles. The monoisotopic (exact) mass is 145 g/mol. The van der Waals surface area contributed by atoms with Gasteiger partial charge in [-0.05, 0) is 11.5 Å². The lowest BCUT2D eigenvalue weighted by molar-refractivity contribution is 1.14. The standard InChI is InChI=1S/C3H3N3S2/c4-3(7)2-1-8-6-5-2/h1H,(H2,4,7). The van der Waals surface area contributed by atoms with Crippen LogP contribution in [0.5, 0.6) is 0 Å². The van der Waals surface area contributed by atoms with Gasteiger partial charge in [-0.3, -0.25) is 0 Å². The van der Waals surface area contributed by atoms with Crippen LogP contribution in [0.25, 0.3) is 0 Å². The normalized spacial score (nSPS) is 9.00. The van der Waals surface area contributed by atoms with Crippen molar-refractivity contribution in [2.75, 3.05) is 0 Å². The molecule has 0 unspecified atom stereocenters. The number of hydrogen-bond acceptors (Lipinski definition) is 4. The smallest absolute Gasteiger partial charge is 0.132 e. The van der Waals surface area contributed by atoms with Crippen LogP contribution in [0.1, 0.15) is 5.69 Å². The highest BCUT2D eigenvalue weighted by molar-refractivity contribution is 7.80. The Morgan fingerprint density at radius 2 is 2.62 bits per heavy atom. The first-order valence-corrected chi connectivity index (χ1v) is 3.12. The average molecular weight is 145 g/mol. The zero-order valence-electron chi connectivity index (χ0n) is 3.87. The minimum atomic E-state index is 0.304. The summed E-state index contributed by atoms with van der Waals surface area (Å²) in [5, 5.41) is 5.33. The fourth-order valence-electron chi connectivity index (χ4n) is 0.272. The maximum atomic E-state index is 5.19. The Kier molecular flexibility index (Phi) is 1.50. The number of nitrogens with zero attached hydrogens (tertiary/aromatic N) is 2. The average Bonchev–Trinajstić information content (AvgIpc) is 2.12. The molecular formula is C3H3N3S2. The number of thiocarbonyl (C=S) groups is 1. The van der Waals surface area contributed by atoms with E-state index in [4.69, 9.17) is 5.73 Å². The van der Waals surface area contributed by atoms with Gasteiger partial charge in [0.05, 0.1) is 0 Å². The summed E-state index contributed by atoms with van der Waals surface area (Å²) in [6, 6.07) is 0. The van der Waals surface area contributed by atoms with Crippen LogP contribution in [-0.4, -0.2) is 14.6 Å². The molecule has 0 radical (unpaired) electrons. The van der Waals surface area contributed by atoms with E-state index in [9.17, 15) is 0 Å². The zero-order chi connectivity index (χ0) is 5.98. The molecule has 0 amide bonds. The van der Waals surface area contributed by atoms with E-state index < -0.39 is 0 Å². The Labute approximate surface area is 55.7 Å². The second-order valence-corrected chi connectivity index (χ2v) is 2.20. The molecule has 1 heterocycles. The zero-order valence-corrected chi connectivity index (χ0v) is 5.50. The molecule has 5 heteroatoms. The molecule has 0 aromatic carbocycles. The first-order valence-electron chi connectivity index (χ1n) is 1.87. The van der Waals surface area contributed by atoms with Crippen LogP contribution in [0.2, 0.25) is 0 Å². The molecule has 0 aliphatic carbocycles. The molecular weight excluding hydrogens is 142 g/mol. The Morgan fingerprint density at radius 1 is 1.88 bits per heavy atom. The van der Waals surface area contributed by atoms with E-state index in [-0.39, 0.29) is 0 Å². The van der Waals surface area contributed by atoms with Gasteiger partial charge in [0.25, 0.3) is 0 Å². The summed E-state index contributed by atoms with van der Waals surface area (Å²) in [5.74, 6) is 0. The maximum absolute atomic E-state index is 5.19. The van der Waals surface area contributed by atoms with Crippen molar-refractivity contribution in [3.8, 4) is 0 Å². The van der Waals surface area contributed by atoms with Gasteiger partial charge < -0.3 is 5.73 Å². The predicted molar refractivity (Wildman–Crippen MR) is 35.8 cm³/mol. The molecule has 0 aliphatic rings. The van der Waals surface area contributed by atoms with E-state index in [1.807, 2.05) is 0 Å². The lowest BCUT2D eigenvalue weighted by atomic mass is 10.5. The highest BCUT2D eigenvalue weighted by Crippen LogP contribution is 1.94. The van der Waals surface area contributed by atoms with Crippen molar-refractivity contribution in [3.63, 3.8) is 0 Å². The summed E-state index contributed by atoms with van der Waals surface area (Å²) >= 11 is 5.84. The number of nitrogens with two attached hydrogens (primary N) is 1. The third-order valence-electron chi connectivity index (χ3n) is 0.612. The molecule has 0 saturated carbocycles. The topological polar surface area (TPSA) is 51.8 Å². The molecule has 0 spiro atoms. The van der Waals surface area contributed by atoms with Gasteiger partial charge in [-0.1, -0.05) is 16.7 Å². The van der Waals surface area contributed by atoms with Crippen molar-refractivity contribution < 1.29 is 0 Å². The van der Waals surface area contributed by atoms with Gasteiger partial charge in [-0.15, -0.1) is 5.10 Å². The van der Waals surface area contributed by atoms with Crippen molar-refractivity contribution in [3.05, 3.63) is 11.1 Å². The highest BCUT2D eigenvalue weighted by Gasteiger charge is 1.95. The van der Waals surface area contributed by atoms with E-state index >= 15 is 0 Å². The summed E-state index contributed by atoms with van der Waals surface area (Å²) in [7, 11) is 0. The van der Waals surface area contributed by atoms with Gasteiger partial charge in [0.1, 0.15) is 10.7 Å². The molecule has 8 heavy (non-hydrogen) atoms. The van der Waals surface area contributed by atoms with Gasteiger partial charge in [0, 0.05) is 5.38 Å². The number of hydrogen-bond donors (Lipinski definition) is 1. The quantitative estimate of drug-likeness (QED) is 0.572. The molecule has 1 aromatic rings. The van der Waals surface area contributed by atoms with Crippen molar-refractivity contribution in [2.45, 2.75) is 0 Å². The molecule has 0 bridgehead atoms. The van der Waals surface area contributed by atoms with Crippen LogP contribution in [0.15, 0.2) is 5.38 Å². The lowest BCUT2D eigenvalue weighted by Gasteiger charge is -1.81. The Bertz CT molecular complexity index is 180. The molecule has 0 fully saturated rings. The molecule has 0 saturated heterocycles.